The number of rotatable bonds is 10. The normalized spacial score (nSPS) is 11.1. The molecule has 2 aromatic heterocycles. The molecule has 0 aliphatic rings. The Kier molecular flexibility index (Phi) is 8.19. The summed E-state index contributed by atoms with van der Waals surface area (Å²) in [5.74, 6) is -0.141. The molecule has 0 atom stereocenters. The lowest BCUT2D eigenvalue weighted by Gasteiger charge is -2.13. The number of aromatic nitrogens is 2. The van der Waals surface area contributed by atoms with E-state index >= 15 is 0 Å². The number of ether oxygens (including phenoxy) is 2. The lowest BCUT2D eigenvalue weighted by Crippen LogP contribution is -2.25. The molecule has 2 aromatic rings. The molecule has 2 rings (SSSR count). The van der Waals surface area contributed by atoms with Crippen LogP contribution >= 0.6 is 11.3 Å². The van der Waals surface area contributed by atoms with Crippen molar-refractivity contribution >= 4 is 23.2 Å². The van der Waals surface area contributed by atoms with Gasteiger partial charge in [-0.25, -0.2) is 9.78 Å². The van der Waals surface area contributed by atoms with Crippen LogP contribution in [0.4, 0.5) is 0 Å². The number of methoxy groups -OCH3 is 1. The average Bonchev–Trinajstić information content (AvgIpc) is 3.24. The van der Waals surface area contributed by atoms with Gasteiger partial charge in [0.2, 0.25) is 5.01 Å². The van der Waals surface area contributed by atoms with Crippen LogP contribution in [-0.2, 0) is 16.0 Å². The molecule has 1 N–H and O–H groups in total. The molecule has 7 nitrogen and oxygen atoms in total. The third-order valence-electron chi connectivity index (χ3n) is 4.19. The van der Waals surface area contributed by atoms with Crippen LogP contribution in [-0.4, -0.2) is 48.3 Å². The maximum Gasteiger partial charge on any atom is 0.367 e. The van der Waals surface area contributed by atoms with E-state index in [4.69, 9.17) is 9.47 Å². The highest BCUT2D eigenvalue weighted by Crippen LogP contribution is 2.28. The van der Waals surface area contributed by atoms with Crippen LogP contribution in [0.5, 0.6) is 0 Å². The average molecular weight is 408 g/mol. The molecule has 154 valence electrons. The molecular weight excluding hydrogens is 378 g/mol. The van der Waals surface area contributed by atoms with Gasteiger partial charge in [0.05, 0.1) is 23.6 Å². The van der Waals surface area contributed by atoms with Gasteiger partial charge in [0.1, 0.15) is 0 Å². The number of thiazole rings is 1. The van der Waals surface area contributed by atoms with E-state index in [2.05, 4.69) is 28.7 Å². The van der Waals surface area contributed by atoms with Crippen molar-refractivity contribution < 1.29 is 19.1 Å². The molecule has 2 heterocycles. The van der Waals surface area contributed by atoms with Gasteiger partial charge in [0.15, 0.2) is 0 Å². The van der Waals surface area contributed by atoms with E-state index in [0.717, 1.165) is 24.4 Å². The van der Waals surface area contributed by atoms with Gasteiger partial charge in [-0.1, -0.05) is 13.8 Å². The lowest BCUT2D eigenvalue weighted by molar-refractivity contribution is 0.0526. The summed E-state index contributed by atoms with van der Waals surface area (Å²) >= 11 is 1.25. The number of esters is 1. The summed E-state index contributed by atoms with van der Waals surface area (Å²) in [5, 5.41) is 5.08. The van der Waals surface area contributed by atoms with Gasteiger partial charge < -0.3 is 19.4 Å². The summed E-state index contributed by atoms with van der Waals surface area (Å²) in [6.45, 7) is 10.2. The van der Waals surface area contributed by atoms with E-state index in [1.54, 1.807) is 14.0 Å². The molecule has 0 fully saturated rings. The number of amides is 1. The van der Waals surface area contributed by atoms with Crippen molar-refractivity contribution in [3.63, 3.8) is 0 Å². The first-order valence-electron chi connectivity index (χ1n) is 9.49. The quantitative estimate of drug-likeness (QED) is 0.481. The molecule has 8 heteroatoms. The maximum absolute atomic E-state index is 12.7. The highest BCUT2D eigenvalue weighted by atomic mass is 32.1. The van der Waals surface area contributed by atoms with Crippen molar-refractivity contribution in [3.8, 4) is 11.4 Å². The first-order chi connectivity index (χ1) is 13.4. The predicted molar refractivity (Wildman–Crippen MR) is 110 cm³/mol. The van der Waals surface area contributed by atoms with Crippen molar-refractivity contribution in [3.05, 3.63) is 27.7 Å². The molecule has 0 saturated heterocycles. The molecule has 0 aromatic carbocycles. The van der Waals surface area contributed by atoms with E-state index in [-0.39, 0.29) is 5.91 Å². The zero-order chi connectivity index (χ0) is 20.7. The minimum absolute atomic E-state index is 0.113. The fourth-order valence-electron chi connectivity index (χ4n) is 2.88. The third kappa shape index (κ3) is 5.42. The van der Waals surface area contributed by atoms with Crippen LogP contribution in [0.15, 0.2) is 11.4 Å². The monoisotopic (exact) mass is 407 g/mol. The van der Waals surface area contributed by atoms with Crippen molar-refractivity contribution in [2.24, 2.45) is 5.92 Å². The molecule has 0 saturated carbocycles. The molecule has 0 spiro atoms. The Hall–Kier alpha value is -2.19. The Morgan fingerprint density at radius 1 is 1.36 bits per heavy atom. The zero-order valence-electron chi connectivity index (χ0n) is 17.2. The van der Waals surface area contributed by atoms with Gasteiger partial charge in [-0.2, -0.15) is 0 Å². The van der Waals surface area contributed by atoms with Crippen molar-refractivity contribution in [2.45, 2.75) is 40.7 Å². The summed E-state index contributed by atoms with van der Waals surface area (Å²) in [7, 11) is 1.64. The summed E-state index contributed by atoms with van der Waals surface area (Å²) in [5.41, 5.74) is 3.02. The number of nitrogens with zero attached hydrogens (tertiary/aromatic N) is 2. The standard InChI is InChI=1S/C20H29N3O4S/c1-6-27-20(25)19-22-16(12-28-19)17-10-15(14(4)23(17)11-13(2)3)18(24)21-8-7-9-26-5/h10,12-13H,6-9,11H2,1-5H3,(H,21,24). The van der Waals surface area contributed by atoms with E-state index in [1.807, 2.05) is 18.4 Å². The third-order valence-corrected chi connectivity index (χ3v) is 5.01. The lowest BCUT2D eigenvalue weighted by atomic mass is 10.2. The number of hydrogen-bond acceptors (Lipinski definition) is 6. The Labute approximate surface area is 170 Å². The fraction of sp³-hybridized carbons (Fsp3) is 0.550. The van der Waals surface area contributed by atoms with E-state index in [1.165, 1.54) is 11.3 Å². The van der Waals surface area contributed by atoms with Crippen LogP contribution in [0, 0.1) is 12.8 Å². The molecule has 0 aliphatic heterocycles. The molecule has 0 aliphatic carbocycles. The number of hydrogen-bond donors (Lipinski definition) is 1. The molecular formula is C20H29N3O4S. The van der Waals surface area contributed by atoms with Crippen molar-refractivity contribution in [1.29, 1.82) is 0 Å². The molecule has 1 amide bonds. The molecule has 0 bridgehead atoms. The summed E-state index contributed by atoms with van der Waals surface area (Å²) in [6, 6.07) is 1.85. The number of carbonyl (C=O) groups is 2. The Bertz CT molecular complexity index is 810. The number of nitrogens with one attached hydrogen (secondary N) is 1. The van der Waals surface area contributed by atoms with Crippen molar-refractivity contribution in [1.82, 2.24) is 14.9 Å². The highest BCUT2D eigenvalue weighted by molar-refractivity contribution is 7.11. The van der Waals surface area contributed by atoms with Crippen LogP contribution in [0.3, 0.4) is 0 Å². The molecule has 0 radical (unpaired) electrons. The smallest absolute Gasteiger partial charge is 0.367 e. The second-order valence-electron chi connectivity index (χ2n) is 6.89. The summed E-state index contributed by atoms with van der Waals surface area (Å²) in [4.78, 5) is 29.0. The van der Waals surface area contributed by atoms with Gasteiger partial charge >= 0.3 is 5.97 Å². The molecule has 28 heavy (non-hydrogen) atoms. The Balaban J connectivity index is 2.32. The van der Waals surface area contributed by atoms with E-state index in [0.29, 0.717) is 41.9 Å². The molecule has 0 unspecified atom stereocenters. The second-order valence-corrected chi connectivity index (χ2v) is 7.75. The number of carbonyl (C=O) groups excluding carboxylic acids is 2. The first kappa shape index (κ1) is 22.1. The largest absolute Gasteiger partial charge is 0.461 e. The minimum Gasteiger partial charge on any atom is -0.461 e. The maximum atomic E-state index is 12.7. The van der Waals surface area contributed by atoms with Gasteiger partial charge in [-0.15, -0.1) is 11.3 Å². The Morgan fingerprint density at radius 3 is 2.75 bits per heavy atom. The van der Waals surface area contributed by atoms with Gasteiger partial charge in [0.25, 0.3) is 5.91 Å². The van der Waals surface area contributed by atoms with E-state index in [9.17, 15) is 9.59 Å². The van der Waals surface area contributed by atoms with Gasteiger partial charge in [-0.3, -0.25) is 4.79 Å². The topological polar surface area (TPSA) is 82.4 Å². The van der Waals surface area contributed by atoms with Crippen LogP contribution in [0.1, 0.15) is 53.0 Å². The van der Waals surface area contributed by atoms with E-state index < -0.39 is 5.97 Å². The van der Waals surface area contributed by atoms with Gasteiger partial charge in [0, 0.05) is 37.9 Å². The SMILES string of the molecule is CCOC(=O)c1nc(-c2cc(C(=O)NCCCOC)c(C)n2CC(C)C)cs1. The first-order valence-corrected chi connectivity index (χ1v) is 10.4. The van der Waals surface area contributed by atoms with Gasteiger partial charge in [-0.05, 0) is 32.3 Å². The zero-order valence-corrected chi connectivity index (χ0v) is 18.0. The highest BCUT2D eigenvalue weighted by Gasteiger charge is 2.21. The van der Waals surface area contributed by atoms with Crippen LogP contribution in [0.25, 0.3) is 11.4 Å². The fourth-order valence-corrected chi connectivity index (χ4v) is 3.58. The summed E-state index contributed by atoms with van der Waals surface area (Å²) < 4.78 is 12.1. The predicted octanol–water partition coefficient (Wildman–Crippen LogP) is 3.52. The van der Waals surface area contributed by atoms with Crippen LogP contribution < -0.4 is 5.32 Å². The summed E-state index contributed by atoms with van der Waals surface area (Å²) in [6.07, 6.45) is 0.760. The minimum atomic E-state index is -0.423. The van der Waals surface area contributed by atoms with Crippen LogP contribution in [0.2, 0.25) is 0 Å². The second kappa shape index (κ2) is 10.4. The van der Waals surface area contributed by atoms with Crippen molar-refractivity contribution in [2.75, 3.05) is 26.9 Å². The Morgan fingerprint density at radius 2 is 2.11 bits per heavy atom.